The van der Waals surface area contributed by atoms with E-state index in [1.165, 1.54) is 30.4 Å². The summed E-state index contributed by atoms with van der Waals surface area (Å²) in [6.07, 6.45) is 4.84. The smallest absolute Gasteiger partial charge is 0.122 e. The molecule has 2 nitrogen and oxygen atoms in total. The Labute approximate surface area is 117 Å². The molecule has 0 saturated carbocycles. The summed E-state index contributed by atoms with van der Waals surface area (Å²) in [4.78, 5) is 0. The first-order valence-corrected chi connectivity index (χ1v) is 7.77. The van der Waals surface area contributed by atoms with Crippen molar-refractivity contribution in [1.29, 1.82) is 0 Å². The molecule has 1 aromatic carbocycles. The highest BCUT2D eigenvalue weighted by molar-refractivity contribution is 5.40. The van der Waals surface area contributed by atoms with E-state index in [0.717, 1.165) is 31.2 Å². The van der Waals surface area contributed by atoms with E-state index < -0.39 is 0 Å². The third kappa shape index (κ3) is 3.50. The molecule has 0 aromatic heterocycles. The molecule has 1 N–H and O–H groups in total. The summed E-state index contributed by atoms with van der Waals surface area (Å²) >= 11 is 0. The Morgan fingerprint density at radius 1 is 1.21 bits per heavy atom. The van der Waals surface area contributed by atoms with Crippen LogP contribution in [0.15, 0.2) is 18.2 Å². The van der Waals surface area contributed by atoms with Crippen LogP contribution < -0.4 is 10.1 Å². The lowest BCUT2D eigenvalue weighted by atomic mass is 9.90. The van der Waals surface area contributed by atoms with E-state index in [1.807, 2.05) is 0 Å². The zero-order valence-corrected chi connectivity index (χ0v) is 12.5. The van der Waals surface area contributed by atoms with E-state index in [0.29, 0.717) is 6.04 Å². The Balaban J connectivity index is 2.13. The molecular formula is C17H27NO. The van der Waals surface area contributed by atoms with Gasteiger partial charge < -0.3 is 10.1 Å². The van der Waals surface area contributed by atoms with Gasteiger partial charge in [-0.2, -0.15) is 0 Å². The van der Waals surface area contributed by atoms with Crippen LogP contribution in [0.2, 0.25) is 0 Å². The minimum absolute atomic E-state index is 0.487. The molecule has 0 fully saturated rings. The Kier molecular flexibility index (Phi) is 5.26. The lowest BCUT2D eigenvalue weighted by molar-refractivity contribution is 0.356. The van der Waals surface area contributed by atoms with Crippen LogP contribution >= 0.6 is 0 Å². The second-order valence-electron chi connectivity index (χ2n) is 5.49. The number of fused-ring (bicyclic) bond motifs is 1. The summed E-state index contributed by atoms with van der Waals surface area (Å²) in [5.74, 6) is 1.90. The fourth-order valence-electron chi connectivity index (χ4n) is 2.96. The summed E-state index contributed by atoms with van der Waals surface area (Å²) in [7, 11) is 0. The standard InChI is InChI=1S/C17H27NO/c1-4-13(5-2)11-16(18-6-3)14-7-8-17-15(12-14)9-10-19-17/h7-8,12-13,16,18H,4-6,9-11H2,1-3H3. The Hall–Kier alpha value is -1.02. The first-order chi connectivity index (χ1) is 9.28. The Bertz CT molecular complexity index is 398. The van der Waals surface area contributed by atoms with Crippen LogP contribution in [-0.2, 0) is 6.42 Å². The first-order valence-electron chi connectivity index (χ1n) is 7.77. The molecule has 2 heteroatoms. The molecule has 1 atom stereocenters. The van der Waals surface area contributed by atoms with Gasteiger partial charge in [-0.3, -0.25) is 0 Å². The maximum Gasteiger partial charge on any atom is 0.122 e. The summed E-state index contributed by atoms with van der Waals surface area (Å²) in [6, 6.07) is 7.22. The minimum Gasteiger partial charge on any atom is -0.493 e. The summed E-state index contributed by atoms with van der Waals surface area (Å²) < 4.78 is 5.60. The SMILES string of the molecule is CCNC(CC(CC)CC)c1ccc2c(c1)CCO2. The molecule has 1 unspecified atom stereocenters. The van der Waals surface area contributed by atoms with Gasteiger partial charge >= 0.3 is 0 Å². The van der Waals surface area contributed by atoms with E-state index in [-0.39, 0.29) is 0 Å². The van der Waals surface area contributed by atoms with Crippen molar-refractivity contribution in [3.63, 3.8) is 0 Å². The minimum atomic E-state index is 0.487. The van der Waals surface area contributed by atoms with Gasteiger partial charge in [0.05, 0.1) is 6.61 Å². The van der Waals surface area contributed by atoms with Crippen LogP contribution in [0.4, 0.5) is 0 Å². The van der Waals surface area contributed by atoms with Crippen LogP contribution in [0, 0.1) is 5.92 Å². The lowest BCUT2D eigenvalue weighted by Crippen LogP contribution is -2.23. The number of hydrogen-bond acceptors (Lipinski definition) is 2. The zero-order valence-electron chi connectivity index (χ0n) is 12.5. The average Bonchev–Trinajstić information content (AvgIpc) is 2.90. The Morgan fingerprint density at radius 2 is 2.00 bits per heavy atom. The Morgan fingerprint density at radius 3 is 2.68 bits per heavy atom. The third-order valence-electron chi connectivity index (χ3n) is 4.29. The summed E-state index contributed by atoms with van der Waals surface area (Å²) in [5, 5.41) is 3.65. The van der Waals surface area contributed by atoms with Gasteiger partial charge in [0, 0.05) is 12.5 Å². The number of nitrogens with one attached hydrogen (secondary N) is 1. The predicted octanol–water partition coefficient (Wildman–Crippen LogP) is 4.10. The quantitative estimate of drug-likeness (QED) is 0.798. The number of hydrogen-bond donors (Lipinski definition) is 1. The van der Waals surface area contributed by atoms with Gasteiger partial charge in [0.25, 0.3) is 0 Å². The van der Waals surface area contributed by atoms with Crippen molar-refractivity contribution in [3.05, 3.63) is 29.3 Å². The molecule has 106 valence electrons. The second-order valence-corrected chi connectivity index (χ2v) is 5.49. The van der Waals surface area contributed by atoms with E-state index in [1.54, 1.807) is 0 Å². The van der Waals surface area contributed by atoms with Crippen LogP contribution in [0.5, 0.6) is 5.75 Å². The molecule has 0 amide bonds. The normalized spacial score (nSPS) is 15.4. The molecule has 0 bridgehead atoms. The van der Waals surface area contributed by atoms with Crippen molar-refractivity contribution in [3.8, 4) is 5.75 Å². The number of rotatable bonds is 7. The predicted molar refractivity (Wildman–Crippen MR) is 80.7 cm³/mol. The van der Waals surface area contributed by atoms with Gasteiger partial charge in [0.2, 0.25) is 0 Å². The molecule has 19 heavy (non-hydrogen) atoms. The maximum absolute atomic E-state index is 5.60. The van der Waals surface area contributed by atoms with Gasteiger partial charge in [-0.1, -0.05) is 45.7 Å². The van der Waals surface area contributed by atoms with Crippen molar-refractivity contribution < 1.29 is 4.74 Å². The van der Waals surface area contributed by atoms with E-state index >= 15 is 0 Å². The highest BCUT2D eigenvalue weighted by atomic mass is 16.5. The number of benzene rings is 1. The fraction of sp³-hybridized carbons (Fsp3) is 0.647. The molecule has 0 aliphatic carbocycles. The molecule has 1 aromatic rings. The van der Waals surface area contributed by atoms with Gasteiger partial charge in [-0.15, -0.1) is 0 Å². The van der Waals surface area contributed by atoms with Crippen LogP contribution in [0.1, 0.15) is 57.2 Å². The second kappa shape index (κ2) is 6.95. The highest BCUT2D eigenvalue weighted by Crippen LogP contribution is 2.31. The summed E-state index contributed by atoms with van der Waals surface area (Å²) in [5.41, 5.74) is 2.81. The van der Waals surface area contributed by atoms with Crippen molar-refractivity contribution in [2.75, 3.05) is 13.2 Å². The fourth-order valence-corrected chi connectivity index (χ4v) is 2.96. The monoisotopic (exact) mass is 261 g/mol. The van der Waals surface area contributed by atoms with E-state index in [2.05, 4.69) is 44.3 Å². The van der Waals surface area contributed by atoms with Gasteiger partial charge in [-0.05, 0) is 36.1 Å². The molecule has 0 spiro atoms. The topological polar surface area (TPSA) is 21.3 Å². The molecule has 1 aliphatic rings. The highest BCUT2D eigenvalue weighted by Gasteiger charge is 2.18. The molecular weight excluding hydrogens is 234 g/mol. The van der Waals surface area contributed by atoms with Crippen molar-refractivity contribution in [1.82, 2.24) is 5.32 Å². The molecule has 1 aliphatic heterocycles. The molecule has 1 heterocycles. The van der Waals surface area contributed by atoms with E-state index in [4.69, 9.17) is 4.74 Å². The lowest BCUT2D eigenvalue weighted by Gasteiger charge is -2.23. The zero-order chi connectivity index (χ0) is 13.7. The van der Waals surface area contributed by atoms with Crippen molar-refractivity contribution in [2.24, 2.45) is 5.92 Å². The molecule has 0 radical (unpaired) electrons. The van der Waals surface area contributed by atoms with Crippen LogP contribution in [0.3, 0.4) is 0 Å². The van der Waals surface area contributed by atoms with Crippen LogP contribution in [0.25, 0.3) is 0 Å². The van der Waals surface area contributed by atoms with Crippen LogP contribution in [-0.4, -0.2) is 13.2 Å². The van der Waals surface area contributed by atoms with E-state index in [9.17, 15) is 0 Å². The van der Waals surface area contributed by atoms with Gasteiger partial charge in [0.1, 0.15) is 5.75 Å². The molecule has 2 rings (SSSR count). The van der Waals surface area contributed by atoms with Gasteiger partial charge in [-0.25, -0.2) is 0 Å². The first kappa shape index (κ1) is 14.4. The average molecular weight is 261 g/mol. The summed E-state index contributed by atoms with van der Waals surface area (Å²) in [6.45, 7) is 8.66. The van der Waals surface area contributed by atoms with Gasteiger partial charge in [0.15, 0.2) is 0 Å². The molecule has 0 saturated heterocycles. The third-order valence-corrected chi connectivity index (χ3v) is 4.29. The van der Waals surface area contributed by atoms with Crippen molar-refractivity contribution >= 4 is 0 Å². The maximum atomic E-state index is 5.60. The van der Waals surface area contributed by atoms with Crippen molar-refractivity contribution in [2.45, 2.75) is 52.5 Å². The largest absolute Gasteiger partial charge is 0.493 e. The number of ether oxygens (including phenoxy) is 1.